The third-order valence-corrected chi connectivity index (χ3v) is 4.76. The van der Waals surface area contributed by atoms with Crippen molar-refractivity contribution in [1.29, 1.82) is 0 Å². The molecule has 2 rings (SSSR count). The van der Waals surface area contributed by atoms with E-state index in [0.717, 1.165) is 25.9 Å². The lowest BCUT2D eigenvalue weighted by atomic mass is 10.1. The van der Waals surface area contributed by atoms with Gasteiger partial charge in [0.1, 0.15) is 5.75 Å². The van der Waals surface area contributed by atoms with Crippen molar-refractivity contribution < 1.29 is 14.3 Å². The van der Waals surface area contributed by atoms with Gasteiger partial charge in [0.25, 0.3) is 0 Å². The first-order valence-electron chi connectivity index (χ1n) is 7.59. The zero-order chi connectivity index (χ0) is 16.7. The van der Waals surface area contributed by atoms with Crippen LogP contribution in [0.15, 0.2) is 18.2 Å². The number of thioether (sulfide) groups is 1. The number of nitrogens with zero attached hydrogens (tertiary/aromatic N) is 1. The van der Waals surface area contributed by atoms with E-state index < -0.39 is 0 Å². The fourth-order valence-electron chi connectivity index (χ4n) is 2.43. The molecule has 0 atom stereocenters. The first-order chi connectivity index (χ1) is 11.1. The lowest BCUT2D eigenvalue weighted by Crippen LogP contribution is -2.37. The summed E-state index contributed by atoms with van der Waals surface area (Å²) in [7, 11) is 1.53. The second-order valence-corrected chi connectivity index (χ2v) is 6.75. The number of methoxy groups -OCH3 is 1. The SMILES string of the molecule is COc1ccc(Cl)cc1NC(=O)CSCC(=O)N1CCCCC1. The normalized spacial score (nSPS) is 14.4. The Morgan fingerprint density at radius 3 is 2.70 bits per heavy atom. The average molecular weight is 357 g/mol. The van der Waals surface area contributed by atoms with Gasteiger partial charge in [-0.25, -0.2) is 0 Å². The summed E-state index contributed by atoms with van der Waals surface area (Å²) in [5.74, 6) is 1.04. The highest BCUT2D eigenvalue weighted by Crippen LogP contribution is 2.27. The largest absolute Gasteiger partial charge is 0.495 e. The molecule has 1 N–H and O–H groups in total. The van der Waals surface area contributed by atoms with Crippen LogP contribution in [0.1, 0.15) is 19.3 Å². The van der Waals surface area contributed by atoms with Gasteiger partial charge in [-0.1, -0.05) is 11.6 Å². The zero-order valence-electron chi connectivity index (χ0n) is 13.1. The summed E-state index contributed by atoms with van der Waals surface area (Å²) in [6, 6.07) is 5.04. The predicted octanol–water partition coefficient (Wildman–Crippen LogP) is 3.03. The summed E-state index contributed by atoms with van der Waals surface area (Å²) in [6.45, 7) is 1.68. The van der Waals surface area contributed by atoms with E-state index in [1.54, 1.807) is 18.2 Å². The van der Waals surface area contributed by atoms with Gasteiger partial charge in [-0.05, 0) is 37.5 Å². The number of benzene rings is 1. The van der Waals surface area contributed by atoms with Crippen molar-refractivity contribution in [2.75, 3.05) is 37.0 Å². The Hall–Kier alpha value is -1.40. The minimum Gasteiger partial charge on any atom is -0.495 e. The van der Waals surface area contributed by atoms with Crippen LogP contribution in [0, 0.1) is 0 Å². The summed E-state index contributed by atoms with van der Waals surface area (Å²) in [4.78, 5) is 25.9. The van der Waals surface area contributed by atoms with Crippen LogP contribution < -0.4 is 10.1 Å². The average Bonchev–Trinajstić information content (AvgIpc) is 2.56. The maximum Gasteiger partial charge on any atom is 0.234 e. The van der Waals surface area contributed by atoms with Crippen molar-refractivity contribution >= 4 is 40.9 Å². The molecule has 1 fully saturated rings. The second-order valence-electron chi connectivity index (χ2n) is 5.33. The molecule has 1 aromatic rings. The molecule has 0 aliphatic carbocycles. The predicted molar refractivity (Wildman–Crippen MR) is 94.4 cm³/mol. The van der Waals surface area contributed by atoms with Crippen LogP contribution in [0.3, 0.4) is 0 Å². The third-order valence-electron chi connectivity index (χ3n) is 3.60. The summed E-state index contributed by atoms with van der Waals surface area (Å²) in [5, 5.41) is 3.28. The molecule has 0 unspecified atom stereocenters. The minimum absolute atomic E-state index is 0.114. The van der Waals surface area contributed by atoms with E-state index >= 15 is 0 Å². The van der Waals surface area contributed by atoms with E-state index in [1.807, 2.05) is 4.90 Å². The van der Waals surface area contributed by atoms with E-state index in [0.29, 0.717) is 22.2 Å². The monoisotopic (exact) mass is 356 g/mol. The van der Waals surface area contributed by atoms with Crippen molar-refractivity contribution in [3.63, 3.8) is 0 Å². The van der Waals surface area contributed by atoms with Crippen LogP contribution >= 0.6 is 23.4 Å². The Labute approximate surface area is 145 Å². The second kappa shape index (κ2) is 9.03. The van der Waals surface area contributed by atoms with Crippen molar-refractivity contribution in [2.45, 2.75) is 19.3 Å². The highest BCUT2D eigenvalue weighted by atomic mass is 35.5. The Bertz CT molecular complexity index is 562. The van der Waals surface area contributed by atoms with Gasteiger partial charge >= 0.3 is 0 Å². The number of hydrogen-bond donors (Lipinski definition) is 1. The Balaban J connectivity index is 1.77. The van der Waals surface area contributed by atoms with Gasteiger partial charge in [0, 0.05) is 18.1 Å². The zero-order valence-corrected chi connectivity index (χ0v) is 14.7. The van der Waals surface area contributed by atoms with Gasteiger partial charge in [-0.3, -0.25) is 9.59 Å². The molecular weight excluding hydrogens is 336 g/mol. The highest BCUT2D eigenvalue weighted by molar-refractivity contribution is 8.00. The number of hydrogen-bond acceptors (Lipinski definition) is 4. The number of anilines is 1. The molecule has 0 spiro atoms. The molecule has 1 saturated heterocycles. The molecule has 0 aromatic heterocycles. The number of rotatable bonds is 6. The van der Waals surface area contributed by atoms with Crippen LogP contribution in [0.4, 0.5) is 5.69 Å². The Morgan fingerprint density at radius 1 is 1.26 bits per heavy atom. The Kier molecular flexibility index (Phi) is 7.05. The summed E-state index contributed by atoms with van der Waals surface area (Å²) >= 11 is 7.25. The molecule has 126 valence electrons. The number of likely N-dealkylation sites (tertiary alicyclic amines) is 1. The molecular formula is C16H21ClN2O3S. The van der Waals surface area contributed by atoms with Crippen LogP contribution in [-0.2, 0) is 9.59 Å². The molecule has 5 nitrogen and oxygen atoms in total. The summed E-state index contributed by atoms with van der Waals surface area (Å²) in [5.41, 5.74) is 0.535. The van der Waals surface area contributed by atoms with Crippen LogP contribution in [-0.4, -0.2) is 48.4 Å². The third kappa shape index (κ3) is 5.62. The molecule has 2 amide bonds. The number of halogens is 1. The quantitative estimate of drug-likeness (QED) is 0.851. The first-order valence-corrected chi connectivity index (χ1v) is 9.12. The minimum atomic E-state index is -0.179. The van der Waals surface area contributed by atoms with Crippen LogP contribution in [0.25, 0.3) is 0 Å². The number of piperidine rings is 1. The number of nitrogens with one attached hydrogen (secondary N) is 1. The van der Waals surface area contributed by atoms with E-state index in [4.69, 9.17) is 16.3 Å². The van der Waals surface area contributed by atoms with Crippen molar-refractivity contribution in [1.82, 2.24) is 4.90 Å². The molecule has 0 bridgehead atoms. The molecule has 23 heavy (non-hydrogen) atoms. The van der Waals surface area contributed by atoms with Crippen molar-refractivity contribution in [3.8, 4) is 5.75 Å². The summed E-state index contributed by atoms with van der Waals surface area (Å²) < 4.78 is 5.18. The molecule has 0 saturated carbocycles. The van der Waals surface area contributed by atoms with Gasteiger partial charge in [-0.2, -0.15) is 0 Å². The van der Waals surface area contributed by atoms with Crippen molar-refractivity contribution in [3.05, 3.63) is 23.2 Å². The van der Waals surface area contributed by atoms with Crippen LogP contribution in [0.2, 0.25) is 5.02 Å². The Morgan fingerprint density at radius 2 is 2.00 bits per heavy atom. The van der Waals surface area contributed by atoms with Gasteiger partial charge in [0.15, 0.2) is 0 Å². The molecule has 1 aliphatic rings. The summed E-state index contributed by atoms with van der Waals surface area (Å²) in [6.07, 6.45) is 3.34. The smallest absolute Gasteiger partial charge is 0.234 e. The lowest BCUT2D eigenvalue weighted by molar-refractivity contribution is -0.129. The standard InChI is InChI=1S/C16H21ClN2O3S/c1-22-14-6-5-12(17)9-13(14)18-15(20)10-23-11-16(21)19-7-3-2-4-8-19/h5-6,9H,2-4,7-8,10-11H2,1H3,(H,18,20). The highest BCUT2D eigenvalue weighted by Gasteiger charge is 2.17. The molecule has 1 aromatic carbocycles. The number of amides is 2. The van der Waals surface area contributed by atoms with E-state index in [-0.39, 0.29) is 17.6 Å². The van der Waals surface area contributed by atoms with Crippen molar-refractivity contribution in [2.24, 2.45) is 0 Å². The number of carbonyl (C=O) groups excluding carboxylic acids is 2. The number of carbonyl (C=O) groups is 2. The lowest BCUT2D eigenvalue weighted by Gasteiger charge is -2.26. The number of ether oxygens (including phenoxy) is 1. The first kappa shape index (κ1) is 17.9. The molecule has 0 radical (unpaired) electrons. The molecule has 1 aliphatic heterocycles. The maximum atomic E-state index is 12.0. The van der Waals surface area contributed by atoms with Gasteiger partial charge in [0.05, 0.1) is 24.3 Å². The van der Waals surface area contributed by atoms with Gasteiger partial charge in [-0.15, -0.1) is 11.8 Å². The fourth-order valence-corrected chi connectivity index (χ4v) is 3.32. The van der Waals surface area contributed by atoms with Gasteiger partial charge in [0.2, 0.25) is 11.8 Å². The van der Waals surface area contributed by atoms with E-state index in [9.17, 15) is 9.59 Å². The molecule has 1 heterocycles. The molecule has 7 heteroatoms. The van der Waals surface area contributed by atoms with Gasteiger partial charge < -0.3 is 15.0 Å². The topological polar surface area (TPSA) is 58.6 Å². The van der Waals surface area contributed by atoms with Crippen LogP contribution in [0.5, 0.6) is 5.75 Å². The fraction of sp³-hybridized carbons (Fsp3) is 0.500. The maximum absolute atomic E-state index is 12.0. The van der Waals surface area contributed by atoms with E-state index in [2.05, 4.69) is 5.32 Å². The van der Waals surface area contributed by atoms with E-state index in [1.165, 1.54) is 25.3 Å².